The largest absolute Gasteiger partial charge is 0.422 e. The summed E-state index contributed by atoms with van der Waals surface area (Å²) in [6.07, 6.45) is 0.552. The lowest BCUT2D eigenvalue weighted by atomic mass is 9.98. The van der Waals surface area contributed by atoms with Crippen molar-refractivity contribution in [2.24, 2.45) is 5.10 Å². The molecule has 1 aliphatic rings. The molecule has 1 unspecified atom stereocenters. The van der Waals surface area contributed by atoms with Crippen molar-refractivity contribution >= 4 is 67.3 Å². The van der Waals surface area contributed by atoms with E-state index < -0.39 is 5.63 Å². The van der Waals surface area contributed by atoms with Crippen LogP contribution in [0.2, 0.25) is 10.2 Å². The van der Waals surface area contributed by atoms with Crippen LogP contribution in [0.25, 0.3) is 33.1 Å². The van der Waals surface area contributed by atoms with E-state index in [0.717, 1.165) is 33.1 Å². The predicted octanol–water partition coefficient (Wildman–Crippen LogP) is 8.13. The van der Waals surface area contributed by atoms with E-state index in [9.17, 15) is 4.79 Å². The smallest absolute Gasteiger partial charge is 0.345 e. The fraction of sp³-hybridized carbons (Fsp3) is 0.0667. The maximum atomic E-state index is 12.8. The molecule has 0 saturated heterocycles. The Bertz CT molecular complexity index is 1980. The number of halogens is 2. The molecule has 0 bridgehead atoms. The van der Waals surface area contributed by atoms with E-state index in [0.29, 0.717) is 38.6 Å². The average Bonchev–Trinajstić information content (AvgIpc) is 3.60. The van der Waals surface area contributed by atoms with Crippen molar-refractivity contribution < 1.29 is 4.42 Å². The first-order valence-corrected chi connectivity index (χ1v) is 13.8. The van der Waals surface area contributed by atoms with E-state index >= 15 is 0 Å². The molecule has 3 aromatic heterocycles. The minimum absolute atomic E-state index is 0.270. The molecule has 190 valence electrons. The Morgan fingerprint density at radius 2 is 1.64 bits per heavy atom. The number of hydrogen-bond acceptors (Lipinski definition) is 7. The van der Waals surface area contributed by atoms with Gasteiger partial charge in [0.05, 0.1) is 28.5 Å². The van der Waals surface area contributed by atoms with Crippen LogP contribution in [0.15, 0.2) is 105 Å². The van der Waals surface area contributed by atoms with Gasteiger partial charge in [0.2, 0.25) is 5.13 Å². The molecule has 0 saturated carbocycles. The van der Waals surface area contributed by atoms with Gasteiger partial charge >= 0.3 is 5.63 Å². The van der Waals surface area contributed by atoms with Gasteiger partial charge in [-0.2, -0.15) is 5.10 Å². The zero-order chi connectivity index (χ0) is 26.5. The highest BCUT2D eigenvalue weighted by Crippen LogP contribution is 2.42. The molecule has 0 fully saturated rings. The summed E-state index contributed by atoms with van der Waals surface area (Å²) in [5.41, 5.74) is 4.34. The topological polar surface area (TPSA) is 71.6 Å². The molecule has 6 aromatic rings. The molecule has 1 aliphatic heterocycles. The molecular formula is C30H18Cl2N4O2S. The first-order valence-electron chi connectivity index (χ1n) is 12.2. The Morgan fingerprint density at radius 3 is 2.51 bits per heavy atom. The van der Waals surface area contributed by atoms with Gasteiger partial charge in [-0.1, -0.05) is 77.8 Å². The summed E-state index contributed by atoms with van der Waals surface area (Å²) < 4.78 is 5.54. The number of thiazole rings is 1. The van der Waals surface area contributed by atoms with Gasteiger partial charge in [0.1, 0.15) is 10.7 Å². The van der Waals surface area contributed by atoms with Gasteiger partial charge in [0.25, 0.3) is 0 Å². The highest BCUT2D eigenvalue weighted by Gasteiger charge is 2.34. The second-order valence-corrected chi connectivity index (χ2v) is 10.8. The maximum absolute atomic E-state index is 12.8. The normalized spacial score (nSPS) is 15.3. The minimum atomic E-state index is -0.439. The number of fused-ring (bicyclic) bond motifs is 2. The molecule has 0 radical (unpaired) electrons. The second kappa shape index (κ2) is 9.61. The molecule has 3 aromatic carbocycles. The van der Waals surface area contributed by atoms with Crippen LogP contribution in [0.4, 0.5) is 5.13 Å². The monoisotopic (exact) mass is 568 g/mol. The van der Waals surface area contributed by atoms with Gasteiger partial charge in [0, 0.05) is 38.7 Å². The van der Waals surface area contributed by atoms with E-state index in [1.807, 2.05) is 83.2 Å². The zero-order valence-corrected chi connectivity index (χ0v) is 22.5. The van der Waals surface area contributed by atoms with Gasteiger partial charge < -0.3 is 4.42 Å². The third-order valence-electron chi connectivity index (χ3n) is 6.76. The van der Waals surface area contributed by atoms with Crippen molar-refractivity contribution in [3.63, 3.8) is 0 Å². The van der Waals surface area contributed by atoms with Crippen molar-refractivity contribution in [1.82, 2.24) is 9.97 Å². The number of anilines is 1. The number of nitrogens with zero attached hydrogens (tertiary/aromatic N) is 4. The lowest BCUT2D eigenvalue weighted by molar-refractivity contribution is 0.563. The van der Waals surface area contributed by atoms with E-state index in [1.54, 1.807) is 6.07 Å². The average molecular weight is 569 g/mol. The maximum Gasteiger partial charge on any atom is 0.345 e. The molecule has 4 heterocycles. The Labute approximate surface area is 236 Å². The number of pyridine rings is 1. The highest BCUT2D eigenvalue weighted by atomic mass is 35.5. The number of para-hydroxylation sites is 2. The Kier molecular flexibility index (Phi) is 5.92. The van der Waals surface area contributed by atoms with Crippen LogP contribution in [-0.4, -0.2) is 15.7 Å². The molecule has 1 atom stereocenters. The van der Waals surface area contributed by atoms with Crippen molar-refractivity contribution in [2.45, 2.75) is 12.5 Å². The molecule has 0 N–H and O–H groups in total. The molecule has 6 nitrogen and oxygen atoms in total. The fourth-order valence-electron chi connectivity index (χ4n) is 4.86. The molecule has 0 aliphatic carbocycles. The zero-order valence-electron chi connectivity index (χ0n) is 20.2. The van der Waals surface area contributed by atoms with E-state index in [2.05, 4.69) is 11.1 Å². The minimum Gasteiger partial charge on any atom is -0.422 e. The van der Waals surface area contributed by atoms with E-state index in [4.69, 9.17) is 37.7 Å². The van der Waals surface area contributed by atoms with Gasteiger partial charge in [-0.25, -0.2) is 19.8 Å². The number of benzene rings is 3. The summed E-state index contributed by atoms with van der Waals surface area (Å²) in [6.45, 7) is 0. The number of aromatic nitrogens is 2. The second-order valence-electron chi connectivity index (χ2n) is 9.15. The van der Waals surface area contributed by atoms with Crippen molar-refractivity contribution in [3.05, 3.63) is 122 Å². The third kappa shape index (κ3) is 4.29. The first-order chi connectivity index (χ1) is 19.0. The van der Waals surface area contributed by atoms with E-state index in [1.165, 1.54) is 11.3 Å². The first kappa shape index (κ1) is 24.0. The van der Waals surface area contributed by atoms with Crippen LogP contribution >= 0.6 is 34.5 Å². The van der Waals surface area contributed by atoms with Gasteiger partial charge in [0.15, 0.2) is 0 Å². The standard InChI is InChI=1S/C30H18Cl2N4O2S/c31-22-10-4-3-9-19(22)24-15-26(21-13-17-7-1-5-11-23(17)33-28(21)32)36(35-24)30-34-25(16-39-30)20-14-18-8-2-6-12-27(18)38-29(20)37/h1-14,16,26H,15H2. The van der Waals surface area contributed by atoms with Crippen LogP contribution < -0.4 is 10.6 Å². The van der Waals surface area contributed by atoms with Crippen LogP contribution in [0.1, 0.15) is 23.6 Å². The summed E-state index contributed by atoms with van der Waals surface area (Å²) in [6, 6.07) is 26.5. The van der Waals surface area contributed by atoms with Gasteiger partial charge in [-0.3, -0.25) is 0 Å². The van der Waals surface area contributed by atoms with Crippen molar-refractivity contribution in [2.75, 3.05) is 5.01 Å². The Morgan fingerprint density at radius 1 is 0.872 bits per heavy atom. The van der Waals surface area contributed by atoms with Gasteiger partial charge in [-0.05, 0) is 30.3 Å². The molecule has 0 spiro atoms. The quantitative estimate of drug-likeness (QED) is 0.158. The Hall–Kier alpha value is -4.04. The summed E-state index contributed by atoms with van der Waals surface area (Å²) in [7, 11) is 0. The number of rotatable bonds is 4. The molecular weight excluding hydrogens is 551 g/mol. The Balaban J connectivity index is 1.35. The summed E-state index contributed by atoms with van der Waals surface area (Å²) in [4.78, 5) is 22.3. The summed E-state index contributed by atoms with van der Waals surface area (Å²) >= 11 is 14.7. The van der Waals surface area contributed by atoms with Crippen LogP contribution in [-0.2, 0) is 0 Å². The SMILES string of the molecule is O=c1oc2ccccc2cc1-c1csc(N2N=C(c3ccccc3Cl)CC2c2cc3ccccc3nc2Cl)n1. The van der Waals surface area contributed by atoms with Crippen LogP contribution in [0.5, 0.6) is 0 Å². The number of hydrazone groups is 1. The number of hydrogen-bond donors (Lipinski definition) is 0. The summed E-state index contributed by atoms with van der Waals surface area (Å²) in [5.74, 6) is 0. The van der Waals surface area contributed by atoms with E-state index in [-0.39, 0.29) is 6.04 Å². The lowest BCUT2D eigenvalue weighted by Crippen LogP contribution is -2.19. The molecule has 39 heavy (non-hydrogen) atoms. The predicted molar refractivity (Wildman–Crippen MR) is 158 cm³/mol. The van der Waals surface area contributed by atoms with Gasteiger partial charge in [-0.15, -0.1) is 11.3 Å². The third-order valence-corrected chi connectivity index (χ3v) is 8.23. The summed E-state index contributed by atoms with van der Waals surface area (Å²) in [5, 5.41) is 12.1. The van der Waals surface area contributed by atoms with Crippen molar-refractivity contribution in [3.8, 4) is 11.3 Å². The van der Waals surface area contributed by atoms with Crippen LogP contribution in [0.3, 0.4) is 0 Å². The fourth-order valence-corrected chi connectivity index (χ4v) is 6.20. The highest BCUT2D eigenvalue weighted by molar-refractivity contribution is 7.14. The molecule has 0 amide bonds. The lowest BCUT2D eigenvalue weighted by Gasteiger charge is -2.22. The van der Waals surface area contributed by atoms with Crippen molar-refractivity contribution in [1.29, 1.82) is 0 Å². The molecule has 7 rings (SSSR count). The van der Waals surface area contributed by atoms with Crippen LogP contribution in [0, 0.1) is 0 Å². The molecule has 9 heteroatoms.